The van der Waals surface area contributed by atoms with E-state index < -0.39 is 0 Å². The molecule has 2 rings (SSSR count). The third-order valence-electron chi connectivity index (χ3n) is 3.31. The SMILES string of the molecule is COc1ccc(Cl)cc1CNC(=O)CC1CCCN1.Cl. The Labute approximate surface area is 130 Å². The van der Waals surface area contributed by atoms with Gasteiger partial charge >= 0.3 is 0 Å². The molecule has 0 aliphatic carbocycles. The van der Waals surface area contributed by atoms with E-state index in [1.165, 1.54) is 0 Å². The van der Waals surface area contributed by atoms with E-state index in [4.69, 9.17) is 16.3 Å². The van der Waals surface area contributed by atoms with Crippen LogP contribution < -0.4 is 15.4 Å². The highest BCUT2D eigenvalue weighted by molar-refractivity contribution is 6.30. The highest BCUT2D eigenvalue weighted by Crippen LogP contribution is 2.22. The molecule has 0 aromatic heterocycles. The quantitative estimate of drug-likeness (QED) is 0.877. The molecule has 1 aromatic rings. The largest absolute Gasteiger partial charge is 0.496 e. The van der Waals surface area contributed by atoms with E-state index in [9.17, 15) is 4.79 Å². The summed E-state index contributed by atoms with van der Waals surface area (Å²) in [6.07, 6.45) is 2.76. The Hall–Kier alpha value is -0.970. The first-order valence-corrected chi connectivity index (χ1v) is 6.89. The van der Waals surface area contributed by atoms with Crippen LogP contribution in [0, 0.1) is 0 Å². The zero-order chi connectivity index (χ0) is 13.7. The zero-order valence-corrected chi connectivity index (χ0v) is 13.0. The van der Waals surface area contributed by atoms with Crippen LogP contribution in [0.5, 0.6) is 5.75 Å². The maximum atomic E-state index is 11.8. The zero-order valence-electron chi connectivity index (χ0n) is 11.4. The number of carbonyl (C=O) groups excluding carboxylic acids is 1. The number of hydrogen-bond donors (Lipinski definition) is 2. The first-order chi connectivity index (χ1) is 9.19. The van der Waals surface area contributed by atoms with Gasteiger partial charge in [0.25, 0.3) is 0 Å². The van der Waals surface area contributed by atoms with Crippen molar-refractivity contribution >= 4 is 29.9 Å². The second-order valence-corrected chi connectivity index (χ2v) is 5.17. The van der Waals surface area contributed by atoms with Crippen molar-refractivity contribution < 1.29 is 9.53 Å². The van der Waals surface area contributed by atoms with Crippen molar-refractivity contribution in [2.45, 2.75) is 31.8 Å². The Morgan fingerprint density at radius 1 is 1.55 bits per heavy atom. The monoisotopic (exact) mass is 318 g/mol. The number of methoxy groups -OCH3 is 1. The van der Waals surface area contributed by atoms with Crippen LogP contribution in [-0.2, 0) is 11.3 Å². The molecule has 0 spiro atoms. The molecule has 1 aromatic carbocycles. The maximum Gasteiger partial charge on any atom is 0.221 e. The van der Waals surface area contributed by atoms with Gasteiger partial charge < -0.3 is 15.4 Å². The summed E-state index contributed by atoms with van der Waals surface area (Å²) in [4.78, 5) is 11.8. The van der Waals surface area contributed by atoms with Gasteiger partial charge in [0, 0.05) is 29.6 Å². The summed E-state index contributed by atoms with van der Waals surface area (Å²) in [5.41, 5.74) is 0.891. The highest BCUT2D eigenvalue weighted by Gasteiger charge is 2.17. The van der Waals surface area contributed by atoms with Crippen molar-refractivity contribution in [3.63, 3.8) is 0 Å². The van der Waals surface area contributed by atoms with Crippen molar-refractivity contribution in [2.24, 2.45) is 0 Å². The Morgan fingerprint density at radius 2 is 2.35 bits per heavy atom. The molecule has 1 amide bonds. The number of amides is 1. The summed E-state index contributed by atoms with van der Waals surface area (Å²) in [6.45, 7) is 1.45. The molecule has 0 saturated carbocycles. The first-order valence-electron chi connectivity index (χ1n) is 6.51. The van der Waals surface area contributed by atoms with Crippen LogP contribution in [0.15, 0.2) is 18.2 Å². The Morgan fingerprint density at radius 3 is 3.00 bits per heavy atom. The smallest absolute Gasteiger partial charge is 0.221 e. The molecule has 20 heavy (non-hydrogen) atoms. The summed E-state index contributed by atoms with van der Waals surface area (Å²) in [7, 11) is 1.61. The van der Waals surface area contributed by atoms with E-state index in [1.54, 1.807) is 13.2 Å². The molecule has 1 heterocycles. The lowest BCUT2D eigenvalue weighted by atomic mass is 10.1. The summed E-state index contributed by atoms with van der Waals surface area (Å²) < 4.78 is 5.24. The molecule has 112 valence electrons. The molecule has 1 atom stereocenters. The lowest BCUT2D eigenvalue weighted by molar-refractivity contribution is -0.121. The van der Waals surface area contributed by atoms with Gasteiger partial charge in [-0.2, -0.15) is 0 Å². The number of halogens is 2. The molecule has 4 nitrogen and oxygen atoms in total. The molecule has 6 heteroatoms. The summed E-state index contributed by atoms with van der Waals surface area (Å²) in [6, 6.07) is 5.71. The lowest BCUT2D eigenvalue weighted by Crippen LogP contribution is -2.31. The van der Waals surface area contributed by atoms with Gasteiger partial charge in [-0.25, -0.2) is 0 Å². The first kappa shape index (κ1) is 17.1. The minimum absolute atomic E-state index is 0. The third kappa shape index (κ3) is 4.85. The van der Waals surface area contributed by atoms with Crippen molar-refractivity contribution in [3.05, 3.63) is 28.8 Å². The number of benzene rings is 1. The normalized spacial score (nSPS) is 17.4. The van der Waals surface area contributed by atoms with Gasteiger partial charge in [0.2, 0.25) is 5.91 Å². The molecule has 1 saturated heterocycles. The molecule has 0 radical (unpaired) electrons. The topological polar surface area (TPSA) is 50.4 Å². The average Bonchev–Trinajstić information content (AvgIpc) is 2.89. The van der Waals surface area contributed by atoms with Gasteiger partial charge in [0.15, 0.2) is 0 Å². The number of ether oxygens (including phenoxy) is 1. The van der Waals surface area contributed by atoms with Crippen LogP contribution in [0.4, 0.5) is 0 Å². The minimum Gasteiger partial charge on any atom is -0.496 e. The predicted octanol–water partition coefficient (Wildman–Crippen LogP) is 2.53. The van der Waals surface area contributed by atoms with Crippen LogP contribution in [0.3, 0.4) is 0 Å². The van der Waals surface area contributed by atoms with Crippen LogP contribution in [-0.4, -0.2) is 25.6 Å². The van der Waals surface area contributed by atoms with Gasteiger partial charge in [-0.15, -0.1) is 12.4 Å². The number of nitrogens with one attached hydrogen (secondary N) is 2. The second-order valence-electron chi connectivity index (χ2n) is 4.73. The van der Waals surface area contributed by atoms with Gasteiger partial charge in [0.1, 0.15) is 5.75 Å². The fraction of sp³-hybridized carbons (Fsp3) is 0.500. The molecule has 1 fully saturated rings. The maximum absolute atomic E-state index is 11.8. The van der Waals surface area contributed by atoms with Crippen LogP contribution in [0.25, 0.3) is 0 Å². The van der Waals surface area contributed by atoms with Gasteiger partial charge in [-0.1, -0.05) is 11.6 Å². The van der Waals surface area contributed by atoms with Crippen molar-refractivity contribution in [1.29, 1.82) is 0 Å². The van der Waals surface area contributed by atoms with E-state index in [0.717, 1.165) is 30.7 Å². The number of hydrogen-bond acceptors (Lipinski definition) is 3. The molecule has 1 aliphatic heterocycles. The number of carbonyl (C=O) groups is 1. The van der Waals surface area contributed by atoms with Gasteiger partial charge in [-0.05, 0) is 37.6 Å². The van der Waals surface area contributed by atoms with Crippen molar-refractivity contribution in [2.75, 3.05) is 13.7 Å². The molecule has 1 aliphatic rings. The van der Waals surface area contributed by atoms with E-state index in [-0.39, 0.29) is 18.3 Å². The standard InChI is InChI=1S/C14H19ClN2O2.ClH/c1-19-13-5-4-11(15)7-10(13)9-17-14(18)8-12-3-2-6-16-12;/h4-5,7,12,16H,2-3,6,8-9H2,1H3,(H,17,18);1H. The predicted molar refractivity (Wildman–Crippen MR) is 82.7 cm³/mol. The summed E-state index contributed by atoms with van der Waals surface area (Å²) in [5, 5.41) is 6.86. The van der Waals surface area contributed by atoms with Crippen LogP contribution >= 0.6 is 24.0 Å². The van der Waals surface area contributed by atoms with Crippen LogP contribution in [0.2, 0.25) is 5.02 Å². The fourth-order valence-corrected chi connectivity index (χ4v) is 2.50. The van der Waals surface area contributed by atoms with Crippen LogP contribution in [0.1, 0.15) is 24.8 Å². The average molecular weight is 319 g/mol. The Bertz CT molecular complexity index is 449. The molecular weight excluding hydrogens is 299 g/mol. The summed E-state index contributed by atoms with van der Waals surface area (Å²) in [5.74, 6) is 0.796. The molecule has 0 bridgehead atoms. The lowest BCUT2D eigenvalue weighted by Gasteiger charge is -2.12. The van der Waals surface area contributed by atoms with E-state index in [0.29, 0.717) is 24.0 Å². The fourth-order valence-electron chi connectivity index (χ4n) is 2.31. The number of rotatable bonds is 5. The second kappa shape index (κ2) is 8.35. The Kier molecular flexibility index (Phi) is 7.13. The highest BCUT2D eigenvalue weighted by atomic mass is 35.5. The van der Waals surface area contributed by atoms with Crippen molar-refractivity contribution in [1.82, 2.24) is 10.6 Å². The minimum atomic E-state index is 0. The van der Waals surface area contributed by atoms with E-state index >= 15 is 0 Å². The van der Waals surface area contributed by atoms with E-state index in [2.05, 4.69) is 10.6 Å². The summed E-state index contributed by atoms with van der Waals surface area (Å²) >= 11 is 5.95. The third-order valence-corrected chi connectivity index (χ3v) is 3.55. The Balaban J connectivity index is 0.00000200. The molecule has 2 N–H and O–H groups in total. The molecule has 1 unspecified atom stereocenters. The van der Waals surface area contributed by atoms with E-state index in [1.807, 2.05) is 12.1 Å². The van der Waals surface area contributed by atoms with Gasteiger partial charge in [-0.3, -0.25) is 4.79 Å². The van der Waals surface area contributed by atoms with Crippen molar-refractivity contribution in [3.8, 4) is 5.75 Å². The van der Waals surface area contributed by atoms with Gasteiger partial charge in [0.05, 0.1) is 7.11 Å². The molecular formula is C14H20Cl2N2O2.